The number of epoxide rings is 2. The fourth-order valence-electron chi connectivity index (χ4n) is 3.17. The van der Waals surface area contributed by atoms with Crippen molar-refractivity contribution in [2.24, 2.45) is 0 Å². The van der Waals surface area contributed by atoms with Gasteiger partial charge in [-0.05, 0) is 56.2 Å². The van der Waals surface area contributed by atoms with E-state index in [2.05, 4.69) is 37.3 Å². The summed E-state index contributed by atoms with van der Waals surface area (Å²) in [6.07, 6.45) is 22.2. The van der Waals surface area contributed by atoms with E-state index in [9.17, 15) is 5.11 Å². The lowest BCUT2D eigenvalue weighted by molar-refractivity contribution is 0.102. The minimum atomic E-state index is 0.383. The molecule has 0 aliphatic carbocycles. The van der Waals surface area contributed by atoms with Gasteiger partial charge in [0.2, 0.25) is 0 Å². The summed E-state index contributed by atoms with van der Waals surface area (Å²) in [6.45, 7) is 5.47. The predicted octanol–water partition coefficient (Wildman–Crippen LogP) is 6.38. The molecule has 2 heterocycles. The number of aromatic hydroxyl groups is 1. The second-order valence-electron chi connectivity index (χ2n) is 8.39. The topological polar surface area (TPSA) is 54.5 Å². The highest BCUT2D eigenvalue weighted by Gasteiger charge is 2.26. The van der Waals surface area contributed by atoms with E-state index in [-0.39, 0.29) is 0 Å². The summed E-state index contributed by atoms with van der Waals surface area (Å²) in [4.78, 5) is 0. The van der Waals surface area contributed by atoms with Crippen LogP contribution in [0.25, 0.3) is 0 Å². The monoisotopic (exact) mass is 430 g/mol. The number of hydrogen-bond donors (Lipinski definition) is 1. The predicted molar refractivity (Wildman–Crippen MR) is 128 cm³/mol. The molecule has 0 spiro atoms. The largest absolute Gasteiger partial charge is 0.508 e. The molecule has 1 aromatic carbocycles. The standard InChI is InChI=1S/C21H32O.C6H10O3/c1-2-3-4-5-6-7-8-9-10-11-12-13-14-16-20-17-15-18-21(22)19-20;1(5-3-8-5)7-2-6-4-9-6/h4-5,7-8,15,17-19,22H,2-3,6,9-14,16H2,1H3;5-6H,1-4H2/b5-4+,8-7+;. The van der Waals surface area contributed by atoms with Gasteiger partial charge in [0.05, 0.1) is 26.4 Å². The summed E-state index contributed by atoms with van der Waals surface area (Å²) < 4.78 is 15.1. The van der Waals surface area contributed by atoms with Gasteiger partial charge in [-0.3, -0.25) is 0 Å². The van der Waals surface area contributed by atoms with E-state index in [4.69, 9.17) is 14.2 Å². The highest BCUT2D eigenvalue weighted by Crippen LogP contribution is 2.15. The first-order valence-corrected chi connectivity index (χ1v) is 12.2. The molecule has 2 saturated heterocycles. The van der Waals surface area contributed by atoms with Crippen molar-refractivity contribution < 1.29 is 19.3 Å². The number of benzene rings is 1. The molecule has 0 bridgehead atoms. The van der Waals surface area contributed by atoms with Crippen LogP contribution in [-0.4, -0.2) is 43.7 Å². The second kappa shape index (κ2) is 17.0. The van der Waals surface area contributed by atoms with E-state index in [0.717, 1.165) is 39.3 Å². The van der Waals surface area contributed by atoms with Crippen LogP contribution in [0.5, 0.6) is 5.75 Å². The fraction of sp³-hybridized carbons (Fsp3) is 0.630. The minimum Gasteiger partial charge on any atom is -0.508 e. The maximum atomic E-state index is 9.41. The van der Waals surface area contributed by atoms with Crippen molar-refractivity contribution >= 4 is 0 Å². The Morgan fingerprint density at radius 3 is 2.19 bits per heavy atom. The van der Waals surface area contributed by atoms with Crippen molar-refractivity contribution in [2.45, 2.75) is 83.3 Å². The van der Waals surface area contributed by atoms with Crippen LogP contribution in [0.4, 0.5) is 0 Å². The van der Waals surface area contributed by atoms with Crippen LogP contribution in [0, 0.1) is 0 Å². The molecule has 0 aromatic heterocycles. The van der Waals surface area contributed by atoms with Crippen molar-refractivity contribution in [1.82, 2.24) is 0 Å². The number of phenols is 1. The van der Waals surface area contributed by atoms with E-state index in [1.165, 1.54) is 56.9 Å². The Labute approximate surface area is 189 Å². The number of phenolic OH excluding ortho intramolecular Hbond substituents is 1. The molecule has 3 rings (SSSR count). The maximum absolute atomic E-state index is 9.41. The quantitative estimate of drug-likeness (QED) is 0.188. The number of hydrogen-bond acceptors (Lipinski definition) is 4. The van der Waals surface area contributed by atoms with Gasteiger partial charge in [0, 0.05) is 0 Å². The molecule has 4 heteroatoms. The highest BCUT2D eigenvalue weighted by atomic mass is 16.6. The molecule has 2 aliphatic rings. The normalized spacial score (nSPS) is 19.5. The third kappa shape index (κ3) is 15.8. The Morgan fingerprint density at radius 1 is 0.903 bits per heavy atom. The van der Waals surface area contributed by atoms with Crippen LogP contribution < -0.4 is 0 Å². The van der Waals surface area contributed by atoms with E-state index in [1.807, 2.05) is 12.1 Å². The summed E-state index contributed by atoms with van der Waals surface area (Å²) in [7, 11) is 0. The lowest BCUT2D eigenvalue weighted by Crippen LogP contribution is -2.06. The van der Waals surface area contributed by atoms with Gasteiger partial charge in [-0.25, -0.2) is 0 Å². The van der Waals surface area contributed by atoms with Crippen LogP contribution in [0.3, 0.4) is 0 Å². The molecule has 174 valence electrons. The molecule has 4 nitrogen and oxygen atoms in total. The van der Waals surface area contributed by atoms with E-state index in [0.29, 0.717) is 18.0 Å². The SMILES string of the molecule is C(OCC1CO1)C1CO1.CCC/C=C/C/C=C/CCCCCCCc1cccc(O)c1. The first kappa shape index (κ1) is 25.6. The molecule has 0 saturated carbocycles. The third-order valence-corrected chi connectivity index (χ3v) is 5.22. The first-order chi connectivity index (χ1) is 15.3. The lowest BCUT2D eigenvalue weighted by atomic mass is 10.0. The molecule has 31 heavy (non-hydrogen) atoms. The summed E-state index contributed by atoms with van der Waals surface area (Å²) in [6, 6.07) is 7.63. The van der Waals surface area contributed by atoms with Crippen molar-refractivity contribution in [3.63, 3.8) is 0 Å². The average Bonchev–Trinajstić information content (AvgIpc) is 3.68. The van der Waals surface area contributed by atoms with Crippen LogP contribution in [-0.2, 0) is 20.6 Å². The molecule has 2 unspecified atom stereocenters. The average molecular weight is 431 g/mol. The summed E-state index contributed by atoms with van der Waals surface area (Å²) in [5, 5.41) is 9.41. The number of rotatable bonds is 16. The van der Waals surface area contributed by atoms with Gasteiger partial charge in [-0.1, -0.05) is 69.0 Å². The summed E-state index contributed by atoms with van der Waals surface area (Å²) in [5.41, 5.74) is 1.25. The van der Waals surface area contributed by atoms with Gasteiger partial charge in [0.1, 0.15) is 18.0 Å². The molecule has 0 amide bonds. The molecular formula is C27H42O4. The smallest absolute Gasteiger partial charge is 0.115 e. The zero-order valence-corrected chi connectivity index (χ0v) is 19.3. The molecule has 2 fully saturated rings. The Hall–Kier alpha value is -1.62. The van der Waals surface area contributed by atoms with E-state index < -0.39 is 0 Å². The number of aryl methyl sites for hydroxylation is 1. The Balaban J connectivity index is 0.000000309. The fourth-order valence-corrected chi connectivity index (χ4v) is 3.17. The lowest BCUT2D eigenvalue weighted by Gasteiger charge is -2.02. The molecule has 2 atom stereocenters. The van der Waals surface area contributed by atoms with E-state index in [1.54, 1.807) is 6.07 Å². The number of ether oxygens (including phenoxy) is 3. The van der Waals surface area contributed by atoms with Gasteiger partial charge in [-0.2, -0.15) is 0 Å². The van der Waals surface area contributed by atoms with E-state index >= 15 is 0 Å². The van der Waals surface area contributed by atoms with Crippen molar-refractivity contribution in [3.05, 3.63) is 54.1 Å². The third-order valence-electron chi connectivity index (χ3n) is 5.22. The highest BCUT2D eigenvalue weighted by molar-refractivity contribution is 5.27. The molecule has 0 radical (unpaired) electrons. The van der Waals surface area contributed by atoms with Gasteiger partial charge >= 0.3 is 0 Å². The Bertz CT molecular complexity index is 605. The molecule has 1 aromatic rings. The van der Waals surface area contributed by atoms with Crippen molar-refractivity contribution in [3.8, 4) is 5.75 Å². The zero-order valence-electron chi connectivity index (χ0n) is 19.3. The number of unbranched alkanes of at least 4 members (excludes halogenated alkanes) is 6. The van der Waals surface area contributed by atoms with Gasteiger partial charge < -0.3 is 19.3 Å². The molecule has 1 N–H and O–H groups in total. The van der Waals surface area contributed by atoms with Gasteiger partial charge in [0.25, 0.3) is 0 Å². The summed E-state index contributed by atoms with van der Waals surface area (Å²) >= 11 is 0. The van der Waals surface area contributed by atoms with Crippen LogP contribution in [0.15, 0.2) is 48.6 Å². The Morgan fingerprint density at radius 2 is 1.55 bits per heavy atom. The minimum absolute atomic E-state index is 0.383. The van der Waals surface area contributed by atoms with Crippen LogP contribution >= 0.6 is 0 Å². The molecule has 2 aliphatic heterocycles. The van der Waals surface area contributed by atoms with Crippen molar-refractivity contribution in [2.75, 3.05) is 26.4 Å². The first-order valence-electron chi connectivity index (χ1n) is 12.2. The van der Waals surface area contributed by atoms with Crippen LogP contribution in [0.2, 0.25) is 0 Å². The van der Waals surface area contributed by atoms with Crippen LogP contribution in [0.1, 0.15) is 70.3 Å². The van der Waals surface area contributed by atoms with Crippen molar-refractivity contribution in [1.29, 1.82) is 0 Å². The summed E-state index contributed by atoms with van der Waals surface area (Å²) in [5.74, 6) is 0.383. The maximum Gasteiger partial charge on any atom is 0.115 e. The Kier molecular flexibility index (Phi) is 14.1. The van der Waals surface area contributed by atoms with Gasteiger partial charge in [0.15, 0.2) is 0 Å². The zero-order chi connectivity index (χ0) is 22.0. The van der Waals surface area contributed by atoms with Gasteiger partial charge in [-0.15, -0.1) is 0 Å². The molecular weight excluding hydrogens is 388 g/mol. The number of allylic oxidation sites excluding steroid dienone is 4. The second-order valence-corrected chi connectivity index (χ2v) is 8.39.